The number of carbonyl (C=O) groups excluding carboxylic acids is 1. The highest BCUT2D eigenvalue weighted by atomic mass is 16.5. The van der Waals surface area contributed by atoms with Crippen molar-refractivity contribution in [2.75, 3.05) is 27.3 Å². The normalized spacial score (nSPS) is 18.3. The molecule has 1 aliphatic heterocycles. The second kappa shape index (κ2) is 8.20. The molecule has 2 unspecified atom stereocenters. The van der Waals surface area contributed by atoms with Gasteiger partial charge in [-0.25, -0.2) is 4.79 Å². The van der Waals surface area contributed by atoms with Crippen molar-refractivity contribution in [1.29, 1.82) is 0 Å². The third-order valence-electron chi connectivity index (χ3n) is 4.82. The van der Waals surface area contributed by atoms with Crippen LogP contribution in [0.3, 0.4) is 0 Å². The molecule has 5 nitrogen and oxygen atoms in total. The maximum absolute atomic E-state index is 11.5. The van der Waals surface area contributed by atoms with Crippen molar-refractivity contribution in [2.24, 2.45) is 0 Å². The molecule has 128 valence electrons. The number of methoxy groups -OCH3 is 2. The van der Waals surface area contributed by atoms with Gasteiger partial charge in [-0.05, 0) is 43.4 Å². The third-order valence-corrected chi connectivity index (χ3v) is 4.82. The summed E-state index contributed by atoms with van der Waals surface area (Å²) in [4.78, 5) is 13.3. The second-order valence-electron chi connectivity index (χ2n) is 6.25. The number of hydrogen-bond acceptors (Lipinski definition) is 4. The Balaban J connectivity index is 1.84. The van der Waals surface area contributed by atoms with Gasteiger partial charge in [0.15, 0.2) is 0 Å². The highest BCUT2D eigenvalue weighted by Gasteiger charge is 2.25. The van der Waals surface area contributed by atoms with E-state index in [1.54, 1.807) is 12.0 Å². The molecule has 0 aliphatic carbocycles. The van der Waals surface area contributed by atoms with Gasteiger partial charge >= 0.3 is 6.09 Å². The fourth-order valence-corrected chi connectivity index (χ4v) is 3.07. The van der Waals surface area contributed by atoms with E-state index in [-0.39, 0.29) is 6.09 Å². The molecule has 0 spiro atoms. The lowest BCUT2D eigenvalue weighted by Gasteiger charge is -2.34. The summed E-state index contributed by atoms with van der Waals surface area (Å²) in [6, 6.07) is 9.09. The topological polar surface area (TPSA) is 50.8 Å². The molecule has 2 rings (SSSR count). The Morgan fingerprint density at radius 1 is 1.17 bits per heavy atom. The van der Waals surface area contributed by atoms with E-state index >= 15 is 0 Å². The maximum atomic E-state index is 11.5. The summed E-state index contributed by atoms with van der Waals surface area (Å²) >= 11 is 0. The largest absolute Gasteiger partial charge is 0.497 e. The van der Waals surface area contributed by atoms with Crippen molar-refractivity contribution >= 4 is 6.09 Å². The van der Waals surface area contributed by atoms with Crippen LogP contribution in [0.15, 0.2) is 24.3 Å². The molecule has 1 saturated heterocycles. The number of rotatable bonds is 5. The summed E-state index contributed by atoms with van der Waals surface area (Å²) in [6.45, 7) is 5.98. The van der Waals surface area contributed by atoms with Gasteiger partial charge < -0.3 is 19.7 Å². The van der Waals surface area contributed by atoms with Gasteiger partial charge in [-0.3, -0.25) is 0 Å². The lowest BCUT2D eigenvalue weighted by Crippen LogP contribution is -2.48. The second-order valence-corrected chi connectivity index (χ2v) is 6.25. The number of amides is 1. The number of benzene rings is 1. The van der Waals surface area contributed by atoms with Gasteiger partial charge in [-0.1, -0.05) is 19.1 Å². The molecule has 2 atom stereocenters. The molecule has 1 aromatic rings. The first-order valence-corrected chi connectivity index (χ1v) is 8.28. The quantitative estimate of drug-likeness (QED) is 0.906. The molecule has 1 fully saturated rings. The van der Waals surface area contributed by atoms with Crippen LogP contribution in [0.2, 0.25) is 0 Å². The van der Waals surface area contributed by atoms with E-state index in [0.29, 0.717) is 18.0 Å². The summed E-state index contributed by atoms with van der Waals surface area (Å²) in [6.07, 6.45) is 1.71. The average molecular weight is 320 g/mol. The van der Waals surface area contributed by atoms with E-state index in [1.165, 1.54) is 12.7 Å². The number of nitrogens with zero attached hydrogens (tertiary/aromatic N) is 1. The molecule has 1 amide bonds. The minimum atomic E-state index is -0.219. The number of hydrogen-bond donors (Lipinski definition) is 1. The number of ether oxygens (including phenoxy) is 2. The fourth-order valence-electron chi connectivity index (χ4n) is 3.07. The highest BCUT2D eigenvalue weighted by Crippen LogP contribution is 2.23. The molecule has 1 aromatic carbocycles. The van der Waals surface area contributed by atoms with Gasteiger partial charge in [0.25, 0.3) is 0 Å². The van der Waals surface area contributed by atoms with Crippen LogP contribution >= 0.6 is 0 Å². The molecule has 1 N–H and O–H groups in total. The average Bonchev–Trinajstić information content (AvgIpc) is 2.61. The van der Waals surface area contributed by atoms with Crippen molar-refractivity contribution in [2.45, 2.75) is 44.7 Å². The highest BCUT2D eigenvalue weighted by molar-refractivity contribution is 5.67. The summed E-state index contributed by atoms with van der Waals surface area (Å²) < 4.78 is 9.99. The van der Waals surface area contributed by atoms with Gasteiger partial charge in [-0.15, -0.1) is 0 Å². The van der Waals surface area contributed by atoms with Crippen LogP contribution in [-0.4, -0.2) is 50.4 Å². The van der Waals surface area contributed by atoms with E-state index in [2.05, 4.69) is 31.3 Å². The molecule has 0 aromatic heterocycles. The molecule has 23 heavy (non-hydrogen) atoms. The minimum Gasteiger partial charge on any atom is -0.497 e. The zero-order chi connectivity index (χ0) is 16.8. The summed E-state index contributed by atoms with van der Waals surface area (Å²) in [5.41, 5.74) is 1.30. The van der Waals surface area contributed by atoms with Gasteiger partial charge in [-0.2, -0.15) is 0 Å². The van der Waals surface area contributed by atoms with Crippen LogP contribution < -0.4 is 10.1 Å². The van der Waals surface area contributed by atoms with Crippen molar-refractivity contribution in [1.82, 2.24) is 10.2 Å². The molecule has 0 saturated carbocycles. The van der Waals surface area contributed by atoms with Gasteiger partial charge in [0.2, 0.25) is 0 Å². The fraction of sp³-hybridized carbons (Fsp3) is 0.611. The van der Waals surface area contributed by atoms with Gasteiger partial charge in [0, 0.05) is 25.2 Å². The zero-order valence-corrected chi connectivity index (χ0v) is 14.5. The van der Waals surface area contributed by atoms with E-state index in [1.807, 2.05) is 12.1 Å². The molecule has 1 heterocycles. The molecule has 5 heteroatoms. The Bertz CT molecular complexity index is 495. The predicted octanol–water partition coefficient (Wildman–Crippen LogP) is 3.01. The lowest BCUT2D eigenvalue weighted by atomic mass is 9.92. The molecule has 0 bridgehead atoms. The Morgan fingerprint density at radius 3 is 2.30 bits per heavy atom. The Hall–Kier alpha value is -1.75. The Morgan fingerprint density at radius 2 is 1.78 bits per heavy atom. The van der Waals surface area contributed by atoms with Crippen LogP contribution in [-0.2, 0) is 4.74 Å². The van der Waals surface area contributed by atoms with E-state index < -0.39 is 0 Å². The van der Waals surface area contributed by atoms with E-state index in [4.69, 9.17) is 9.47 Å². The standard InChI is InChI=1S/C18H28N2O3/c1-13(15-5-7-17(22-3)8-6-15)14(2)19-16-9-11-20(12-10-16)18(21)23-4/h5-8,13-14,16,19H,9-12H2,1-4H3. The SMILES string of the molecule is COC(=O)N1CCC(NC(C)C(C)c2ccc(OC)cc2)CC1. The number of likely N-dealkylation sites (tertiary alicyclic amines) is 1. The number of piperidine rings is 1. The number of carbonyl (C=O) groups is 1. The predicted molar refractivity (Wildman–Crippen MR) is 91.0 cm³/mol. The van der Waals surface area contributed by atoms with E-state index in [9.17, 15) is 4.79 Å². The monoisotopic (exact) mass is 320 g/mol. The van der Waals surface area contributed by atoms with Crippen LogP contribution in [0.25, 0.3) is 0 Å². The van der Waals surface area contributed by atoms with Crippen LogP contribution in [0.1, 0.15) is 38.2 Å². The lowest BCUT2D eigenvalue weighted by molar-refractivity contribution is 0.108. The van der Waals surface area contributed by atoms with Crippen molar-refractivity contribution in [3.63, 3.8) is 0 Å². The third kappa shape index (κ3) is 4.61. The van der Waals surface area contributed by atoms with Gasteiger partial charge in [0.1, 0.15) is 5.75 Å². The molecular formula is C18H28N2O3. The summed E-state index contributed by atoms with van der Waals surface area (Å²) in [5.74, 6) is 1.30. The van der Waals surface area contributed by atoms with Crippen molar-refractivity contribution < 1.29 is 14.3 Å². The first-order valence-electron chi connectivity index (χ1n) is 8.28. The number of nitrogens with one attached hydrogen (secondary N) is 1. The van der Waals surface area contributed by atoms with E-state index in [0.717, 1.165) is 31.7 Å². The Kier molecular flexibility index (Phi) is 6.28. The minimum absolute atomic E-state index is 0.219. The van der Waals surface area contributed by atoms with Crippen molar-refractivity contribution in [3.05, 3.63) is 29.8 Å². The first kappa shape index (κ1) is 17.6. The maximum Gasteiger partial charge on any atom is 0.409 e. The summed E-state index contributed by atoms with van der Waals surface area (Å²) in [5, 5.41) is 3.71. The molecule has 1 aliphatic rings. The van der Waals surface area contributed by atoms with Crippen molar-refractivity contribution in [3.8, 4) is 5.75 Å². The van der Waals surface area contributed by atoms with Crippen LogP contribution in [0, 0.1) is 0 Å². The van der Waals surface area contributed by atoms with Crippen LogP contribution in [0.4, 0.5) is 4.79 Å². The Labute approximate surface area is 139 Å². The molecular weight excluding hydrogens is 292 g/mol. The summed E-state index contributed by atoms with van der Waals surface area (Å²) in [7, 11) is 3.12. The zero-order valence-electron chi connectivity index (χ0n) is 14.5. The first-order chi connectivity index (χ1) is 11.0. The molecule has 0 radical (unpaired) electrons. The smallest absolute Gasteiger partial charge is 0.409 e. The van der Waals surface area contributed by atoms with Gasteiger partial charge in [0.05, 0.1) is 14.2 Å². The van der Waals surface area contributed by atoms with Crippen LogP contribution in [0.5, 0.6) is 5.75 Å².